The molecule has 2 aliphatic rings. The van der Waals surface area contributed by atoms with E-state index in [0.717, 1.165) is 22.4 Å². The van der Waals surface area contributed by atoms with Crippen molar-refractivity contribution in [3.63, 3.8) is 0 Å². The third kappa shape index (κ3) is 4.04. The second-order valence-corrected chi connectivity index (χ2v) is 11.0. The maximum atomic E-state index is 12.9. The molecule has 5 rings (SSSR count). The fraction of sp³-hybridized carbons (Fsp3) is 0.357. The van der Waals surface area contributed by atoms with Crippen LogP contribution in [0.1, 0.15) is 53.1 Å². The van der Waals surface area contributed by atoms with E-state index in [4.69, 9.17) is 19.8 Å². The highest BCUT2D eigenvalue weighted by atomic mass is 16.7. The number of hydrogen-bond donors (Lipinski definition) is 1. The number of carbonyl (C=O) groups is 1. The minimum Gasteiger partial charge on any atom is -0.441 e. The number of nitrogens with zero attached hydrogens (tertiary/aromatic N) is 2. The highest BCUT2D eigenvalue weighted by Gasteiger charge is 2.52. The van der Waals surface area contributed by atoms with E-state index in [0.29, 0.717) is 11.3 Å². The van der Waals surface area contributed by atoms with Gasteiger partial charge in [-0.3, -0.25) is 4.90 Å². The molecule has 0 radical (unpaired) electrons. The van der Waals surface area contributed by atoms with E-state index < -0.39 is 23.9 Å². The van der Waals surface area contributed by atoms with Crippen LogP contribution in [0.15, 0.2) is 66.9 Å². The van der Waals surface area contributed by atoms with Crippen molar-refractivity contribution >= 4 is 30.2 Å². The molecule has 2 saturated heterocycles. The molecule has 3 heterocycles. The first-order valence-electron chi connectivity index (χ1n) is 12.2. The van der Waals surface area contributed by atoms with E-state index >= 15 is 0 Å². The molecule has 7 nitrogen and oxygen atoms in total. The van der Waals surface area contributed by atoms with Crippen LogP contribution < -0.4 is 16.1 Å². The van der Waals surface area contributed by atoms with Crippen molar-refractivity contribution in [3.05, 3.63) is 72.4 Å². The number of hydrogen-bond acceptors (Lipinski definition) is 6. The average molecular weight is 485 g/mol. The molecule has 1 amide bonds. The number of ether oxygens (including phenoxy) is 1. The van der Waals surface area contributed by atoms with E-state index in [1.165, 1.54) is 0 Å². The molecule has 0 bridgehead atoms. The lowest BCUT2D eigenvalue weighted by atomic mass is 9.78. The van der Waals surface area contributed by atoms with Crippen molar-refractivity contribution in [2.75, 3.05) is 10.6 Å². The van der Waals surface area contributed by atoms with Crippen LogP contribution in [-0.2, 0) is 14.0 Å². The summed E-state index contributed by atoms with van der Waals surface area (Å²) in [6.45, 7) is 11.9. The van der Waals surface area contributed by atoms with Crippen LogP contribution in [-0.4, -0.2) is 35.0 Å². The number of anilines is 2. The molecule has 3 aromatic rings. The molecule has 0 aliphatic carbocycles. The lowest BCUT2D eigenvalue weighted by molar-refractivity contribution is 0.00578. The maximum absolute atomic E-state index is 12.9. The molecule has 1 aromatic heterocycles. The fourth-order valence-electron chi connectivity index (χ4n) is 4.81. The van der Waals surface area contributed by atoms with Gasteiger partial charge in [0.25, 0.3) is 0 Å². The summed E-state index contributed by atoms with van der Waals surface area (Å²) < 4.78 is 18.1. The van der Waals surface area contributed by atoms with Gasteiger partial charge >= 0.3 is 13.2 Å². The van der Waals surface area contributed by atoms with E-state index in [1.54, 1.807) is 11.1 Å². The SMILES string of the molecule is CC1(C)OC(=O)N(c2ccc(-c3cnc(N)c(B4OC(C)(C)C(C)(C)O4)c3)cc2)C1c1ccccc1. The molecule has 2 aliphatic heterocycles. The Morgan fingerprint density at radius 3 is 2.11 bits per heavy atom. The first-order chi connectivity index (χ1) is 16.9. The second kappa shape index (κ2) is 8.35. The van der Waals surface area contributed by atoms with Gasteiger partial charge in [-0.15, -0.1) is 0 Å². The van der Waals surface area contributed by atoms with Gasteiger partial charge < -0.3 is 19.8 Å². The molecular weight excluding hydrogens is 453 g/mol. The second-order valence-electron chi connectivity index (χ2n) is 11.0. The Morgan fingerprint density at radius 2 is 1.50 bits per heavy atom. The van der Waals surface area contributed by atoms with Gasteiger partial charge in [0.15, 0.2) is 0 Å². The molecule has 186 valence electrons. The van der Waals surface area contributed by atoms with Gasteiger partial charge in [0.05, 0.1) is 11.2 Å². The third-order valence-electron chi connectivity index (χ3n) is 7.51. The zero-order valence-electron chi connectivity index (χ0n) is 21.6. The Labute approximate surface area is 212 Å². The maximum Gasteiger partial charge on any atom is 0.498 e. The molecular formula is C28H32BN3O4. The van der Waals surface area contributed by atoms with Gasteiger partial charge in [-0.1, -0.05) is 42.5 Å². The Hall–Kier alpha value is -3.36. The molecule has 2 N–H and O–H groups in total. The van der Waals surface area contributed by atoms with Crippen LogP contribution >= 0.6 is 0 Å². The van der Waals surface area contributed by atoms with Crippen molar-refractivity contribution < 1.29 is 18.8 Å². The Bertz CT molecular complexity index is 1280. The number of benzene rings is 2. The van der Waals surface area contributed by atoms with Gasteiger partial charge in [-0.2, -0.15) is 0 Å². The first-order valence-corrected chi connectivity index (χ1v) is 12.2. The van der Waals surface area contributed by atoms with Gasteiger partial charge in [0, 0.05) is 17.3 Å². The van der Waals surface area contributed by atoms with Crippen molar-refractivity contribution in [2.45, 2.75) is 64.4 Å². The minimum atomic E-state index is -0.671. The fourth-order valence-corrected chi connectivity index (χ4v) is 4.81. The zero-order valence-corrected chi connectivity index (χ0v) is 21.6. The summed E-state index contributed by atoms with van der Waals surface area (Å²) in [5.74, 6) is 0.376. The lowest BCUT2D eigenvalue weighted by Gasteiger charge is -2.32. The molecule has 0 saturated carbocycles. The van der Waals surface area contributed by atoms with Crippen LogP contribution in [0, 0.1) is 0 Å². The molecule has 1 unspecified atom stereocenters. The highest BCUT2D eigenvalue weighted by Crippen LogP contribution is 2.44. The van der Waals surface area contributed by atoms with Crippen molar-refractivity contribution in [3.8, 4) is 11.1 Å². The standard InChI is InChI=1S/C28H32BN3O4/c1-26(2)23(19-10-8-7-9-11-19)32(25(33)34-26)21-14-12-18(13-15-21)20-16-22(24(30)31-17-20)29-35-27(3,4)28(5,6)36-29/h7-17,23H,1-6H3,(H2,30,31). The molecule has 8 heteroatoms. The van der Waals surface area contributed by atoms with Crippen LogP contribution in [0.2, 0.25) is 0 Å². The molecule has 1 atom stereocenters. The van der Waals surface area contributed by atoms with Crippen LogP contribution in [0.5, 0.6) is 0 Å². The number of pyridine rings is 1. The van der Waals surface area contributed by atoms with Gasteiger partial charge in [-0.25, -0.2) is 9.78 Å². The summed E-state index contributed by atoms with van der Waals surface area (Å²) in [6, 6.07) is 19.5. The quantitative estimate of drug-likeness (QED) is 0.517. The third-order valence-corrected chi connectivity index (χ3v) is 7.51. The number of cyclic esters (lactones) is 1. The number of rotatable bonds is 4. The van der Waals surface area contributed by atoms with Crippen LogP contribution in [0.3, 0.4) is 0 Å². The molecule has 36 heavy (non-hydrogen) atoms. The first kappa shape index (κ1) is 24.3. The minimum absolute atomic E-state index is 0.245. The Morgan fingerprint density at radius 1 is 0.889 bits per heavy atom. The highest BCUT2D eigenvalue weighted by molar-refractivity contribution is 6.63. The number of nitrogen functional groups attached to an aromatic ring is 1. The monoisotopic (exact) mass is 485 g/mol. The smallest absolute Gasteiger partial charge is 0.441 e. The lowest BCUT2D eigenvalue weighted by Crippen LogP contribution is -2.41. The van der Waals surface area contributed by atoms with Gasteiger partial charge in [0.2, 0.25) is 0 Å². The van der Waals surface area contributed by atoms with Crippen molar-refractivity contribution in [1.82, 2.24) is 4.98 Å². The topological polar surface area (TPSA) is 86.9 Å². The van der Waals surface area contributed by atoms with Gasteiger partial charge in [-0.05, 0) is 76.4 Å². The average Bonchev–Trinajstić information content (AvgIpc) is 3.20. The summed E-state index contributed by atoms with van der Waals surface area (Å²) in [6.07, 6.45) is 1.37. The van der Waals surface area contributed by atoms with Crippen LogP contribution in [0.25, 0.3) is 11.1 Å². The number of nitrogens with two attached hydrogens (primary N) is 1. The van der Waals surface area contributed by atoms with Gasteiger partial charge in [0.1, 0.15) is 17.5 Å². The summed E-state index contributed by atoms with van der Waals surface area (Å²) >= 11 is 0. The number of aromatic nitrogens is 1. The van der Waals surface area contributed by atoms with Crippen LogP contribution in [0.4, 0.5) is 16.3 Å². The Kier molecular flexibility index (Phi) is 5.65. The molecule has 2 fully saturated rings. The summed E-state index contributed by atoms with van der Waals surface area (Å²) in [7, 11) is -0.602. The van der Waals surface area contributed by atoms with Crippen molar-refractivity contribution in [1.29, 1.82) is 0 Å². The molecule has 2 aromatic carbocycles. The van der Waals surface area contributed by atoms with E-state index in [1.807, 2.05) is 102 Å². The summed E-state index contributed by atoms with van der Waals surface area (Å²) in [5, 5.41) is 0. The van der Waals surface area contributed by atoms with E-state index in [9.17, 15) is 4.79 Å². The summed E-state index contributed by atoms with van der Waals surface area (Å²) in [4.78, 5) is 19.0. The predicted molar refractivity (Wildman–Crippen MR) is 142 cm³/mol. The van der Waals surface area contributed by atoms with E-state index in [-0.39, 0.29) is 12.1 Å². The summed E-state index contributed by atoms with van der Waals surface area (Å²) in [5.41, 5.74) is 8.89. The number of amides is 1. The van der Waals surface area contributed by atoms with E-state index in [2.05, 4.69) is 4.98 Å². The molecule has 0 spiro atoms. The zero-order chi connectivity index (χ0) is 25.9. The largest absolute Gasteiger partial charge is 0.498 e. The normalized spacial score (nSPS) is 22.1. The predicted octanol–water partition coefficient (Wildman–Crippen LogP) is 5.11. The van der Waals surface area contributed by atoms with Crippen molar-refractivity contribution in [2.24, 2.45) is 0 Å². The number of carbonyl (C=O) groups excluding carboxylic acids is 1. The Balaban J connectivity index is 1.45.